The topological polar surface area (TPSA) is 58.1 Å². The lowest BCUT2D eigenvalue weighted by Crippen LogP contribution is -2.31. The number of nitrogens with one attached hydrogen (secondary N) is 1. The molecule has 1 N–H and O–H groups in total. The summed E-state index contributed by atoms with van der Waals surface area (Å²) in [5, 5.41) is 6.96. The van der Waals surface area contributed by atoms with Crippen molar-refractivity contribution in [2.75, 3.05) is 29.9 Å². The highest BCUT2D eigenvalue weighted by atomic mass is 32.2. The summed E-state index contributed by atoms with van der Waals surface area (Å²) in [6, 6.07) is 8.09. The molecule has 1 aliphatic heterocycles. The van der Waals surface area contributed by atoms with Crippen LogP contribution >= 0.6 is 23.3 Å². The normalized spacial score (nSPS) is 15.5. The molecule has 0 atom stereocenters. The molecular weight excluding hydrogens is 328 g/mol. The average molecular weight is 348 g/mol. The predicted octanol–water partition coefficient (Wildman–Crippen LogP) is 2.90. The van der Waals surface area contributed by atoms with Gasteiger partial charge in [-0.1, -0.05) is 23.5 Å². The fraction of sp³-hybridized carbons (Fsp3) is 0.438. The summed E-state index contributed by atoms with van der Waals surface area (Å²) in [6.07, 6.45) is 0.715. The molecule has 122 valence electrons. The first-order valence-electron chi connectivity index (χ1n) is 7.78. The smallest absolute Gasteiger partial charge is 0.269 e. The van der Waals surface area contributed by atoms with E-state index in [0.29, 0.717) is 11.3 Å². The van der Waals surface area contributed by atoms with Gasteiger partial charge in [-0.25, -0.2) is 0 Å². The van der Waals surface area contributed by atoms with E-state index in [1.54, 1.807) is 0 Å². The number of aryl methyl sites for hydroxylation is 1. The Kier molecular flexibility index (Phi) is 5.64. The molecule has 7 heteroatoms. The van der Waals surface area contributed by atoms with Crippen LogP contribution in [0.4, 0.5) is 5.69 Å². The average Bonchev–Trinajstić information content (AvgIpc) is 3.05. The Hall–Kier alpha value is -1.44. The Labute approximate surface area is 144 Å². The summed E-state index contributed by atoms with van der Waals surface area (Å²) in [5.74, 6) is 2.28. The van der Waals surface area contributed by atoms with Crippen LogP contribution in [0.1, 0.15) is 27.9 Å². The summed E-state index contributed by atoms with van der Waals surface area (Å²) in [7, 11) is 0. The van der Waals surface area contributed by atoms with Gasteiger partial charge in [0, 0.05) is 36.8 Å². The van der Waals surface area contributed by atoms with E-state index in [1.807, 2.05) is 30.8 Å². The number of rotatable bonds is 5. The molecule has 0 radical (unpaired) electrons. The van der Waals surface area contributed by atoms with Crippen molar-refractivity contribution in [1.29, 1.82) is 0 Å². The summed E-state index contributed by atoms with van der Waals surface area (Å²) >= 11 is 3.16. The van der Waals surface area contributed by atoms with Gasteiger partial charge in [-0.2, -0.15) is 11.8 Å². The minimum Gasteiger partial charge on any atom is -0.321 e. The van der Waals surface area contributed by atoms with E-state index < -0.39 is 0 Å². The van der Waals surface area contributed by atoms with Gasteiger partial charge in [0.15, 0.2) is 0 Å². The van der Waals surface area contributed by atoms with Crippen LogP contribution in [0.5, 0.6) is 0 Å². The number of benzene rings is 1. The van der Waals surface area contributed by atoms with Crippen molar-refractivity contribution in [2.45, 2.75) is 19.9 Å². The van der Waals surface area contributed by atoms with Gasteiger partial charge in [-0.05, 0) is 35.6 Å². The zero-order valence-corrected chi connectivity index (χ0v) is 14.8. The quantitative estimate of drug-likeness (QED) is 0.900. The number of hydrogen-bond donors (Lipinski definition) is 1. The molecule has 2 heterocycles. The second-order valence-electron chi connectivity index (χ2n) is 5.45. The molecule has 1 saturated heterocycles. The third-order valence-corrected chi connectivity index (χ3v) is 5.50. The van der Waals surface area contributed by atoms with E-state index in [2.05, 4.69) is 31.9 Å². The first-order valence-corrected chi connectivity index (χ1v) is 9.70. The highest BCUT2D eigenvalue weighted by Gasteiger charge is 2.15. The molecule has 3 rings (SSSR count). The molecular formula is C16H20N4OS2. The fourth-order valence-electron chi connectivity index (χ4n) is 2.57. The lowest BCUT2D eigenvalue weighted by atomic mass is 10.2. The largest absolute Gasteiger partial charge is 0.321 e. The second kappa shape index (κ2) is 7.90. The number of carbonyl (C=O) groups excluding carboxylic acids is 1. The van der Waals surface area contributed by atoms with Crippen LogP contribution in [-0.2, 0) is 13.0 Å². The number of aromatic nitrogens is 2. The number of thioether (sulfide) groups is 1. The van der Waals surface area contributed by atoms with Crippen molar-refractivity contribution in [3.63, 3.8) is 0 Å². The molecule has 1 amide bonds. The Morgan fingerprint density at radius 2 is 2.17 bits per heavy atom. The first-order chi connectivity index (χ1) is 11.3. The Balaban J connectivity index is 1.66. The number of nitrogens with zero attached hydrogens (tertiary/aromatic N) is 3. The lowest BCUT2D eigenvalue weighted by Gasteiger charge is -2.26. The van der Waals surface area contributed by atoms with Crippen molar-refractivity contribution in [1.82, 2.24) is 14.5 Å². The van der Waals surface area contributed by atoms with Crippen LogP contribution in [0.15, 0.2) is 24.3 Å². The minimum atomic E-state index is -0.122. The first kappa shape index (κ1) is 16.4. The van der Waals surface area contributed by atoms with E-state index in [1.165, 1.54) is 17.1 Å². The number of amides is 1. The predicted molar refractivity (Wildman–Crippen MR) is 96.3 cm³/mol. The molecule has 0 spiro atoms. The van der Waals surface area contributed by atoms with E-state index >= 15 is 0 Å². The molecule has 0 unspecified atom stereocenters. The SMILES string of the molecule is CCc1nnsc1C(=O)Nc1cccc(CN2CCSCC2)c1. The third kappa shape index (κ3) is 4.31. The van der Waals surface area contributed by atoms with Gasteiger partial charge in [-0.15, -0.1) is 5.10 Å². The van der Waals surface area contributed by atoms with Crippen LogP contribution in [0.3, 0.4) is 0 Å². The minimum absolute atomic E-state index is 0.122. The zero-order chi connectivity index (χ0) is 16.1. The molecule has 5 nitrogen and oxygen atoms in total. The number of anilines is 1. The number of hydrogen-bond acceptors (Lipinski definition) is 6. The van der Waals surface area contributed by atoms with Gasteiger partial charge in [-0.3, -0.25) is 9.69 Å². The van der Waals surface area contributed by atoms with E-state index in [-0.39, 0.29) is 5.91 Å². The number of carbonyl (C=O) groups is 1. The highest BCUT2D eigenvalue weighted by molar-refractivity contribution is 7.99. The van der Waals surface area contributed by atoms with Gasteiger partial charge >= 0.3 is 0 Å². The molecule has 1 aromatic heterocycles. The highest BCUT2D eigenvalue weighted by Crippen LogP contribution is 2.18. The summed E-state index contributed by atoms with van der Waals surface area (Å²) in [6.45, 7) is 5.18. The maximum absolute atomic E-state index is 12.4. The van der Waals surface area contributed by atoms with Gasteiger partial charge in [0.25, 0.3) is 5.91 Å². The molecule has 0 bridgehead atoms. The lowest BCUT2D eigenvalue weighted by molar-refractivity contribution is 0.102. The summed E-state index contributed by atoms with van der Waals surface area (Å²) in [5.41, 5.74) is 2.82. The molecule has 1 fully saturated rings. The van der Waals surface area contributed by atoms with Gasteiger partial charge in [0.1, 0.15) is 4.88 Å². The molecule has 0 aliphatic carbocycles. The van der Waals surface area contributed by atoms with Gasteiger partial charge in [0.2, 0.25) is 0 Å². The van der Waals surface area contributed by atoms with Gasteiger partial charge < -0.3 is 5.32 Å². The van der Waals surface area contributed by atoms with Crippen molar-refractivity contribution in [2.24, 2.45) is 0 Å². The fourth-order valence-corrected chi connectivity index (χ4v) is 4.19. The maximum atomic E-state index is 12.4. The zero-order valence-electron chi connectivity index (χ0n) is 13.1. The Bertz CT molecular complexity index is 668. The van der Waals surface area contributed by atoms with Crippen LogP contribution < -0.4 is 5.32 Å². The Morgan fingerprint density at radius 1 is 1.35 bits per heavy atom. The van der Waals surface area contributed by atoms with Crippen molar-refractivity contribution in [3.8, 4) is 0 Å². The van der Waals surface area contributed by atoms with E-state index in [0.717, 1.165) is 42.5 Å². The monoisotopic (exact) mass is 348 g/mol. The van der Waals surface area contributed by atoms with Crippen molar-refractivity contribution in [3.05, 3.63) is 40.4 Å². The molecule has 23 heavy (non-hydrogen) atoms. The third-order valence-electron chi connectivity index (χ3n) is 3.79. The van der Waals surface area contributed by atoms with Crippen LogP contribution in [0.2, 0.25) is 0 Å². The second-order valence-corrected chi connectivity index (χ2v) is 7.42. The van der Waals surface area contributed by atoms with E-state index in [9.17, 15) is 4.79 Å². The van der Waals surface area contributed by atoms with Gasteiger partial charge in [0.05, 0.1) is 5.69 Å². The van der Waals surface area contributed by atoms with Crippen LogP contribution in [0, 0.1) is 0 Å². The molecule has 0 saturated carbocycles. The van der Waals surface area contributed by atoms with Crippen LogP contribution in [-0.4, -0.2) is 45.0 Å². The molecule has 1 aliphatic rings. The van der Waals surface area contributed by atoms with Crippen LogP contribution in [0.25, 0.3) is 0 Å². The van der Waals surface area contributed by atoms with E-state index in [4.69, 9.17) is 0 Å². The van der Waals surface area contributed by atoms with Crippen molar-refractivity contribution < 1.29 is 4.79 Å². The summed E-state index contributed by atoms with van der Waals surface area (Å²) in [4.78, 5) is 15.4. The van der Waals surface area contributed by atoms with Crippen molar-refractivity contribution >= 4 is 34.9 Å². The summed E-state index contributed by atoms with van der Waals surface area (Å²) < 4.78 is 3.87. The standard InChI is InChI=1S/C16H20N4OS2/c1-2-14-15(23-19-18-14)16(21)17-13-5-3-4-12(10-13)11-20-6-8-22-9-7-20/h3-5,10H,2,6-9,11H2,1H3,(H,17,21). The maximum Gasteiger partial charge on any atom is 0.269 e. The Morgan fingerprint density at radius 3 is 2.96 bits per heavy atom. The molecule has 2 aromatic rings. The molecule has 1 aromatic carbocycles.